The molecule has 4 aromatic rings. The number of anilines is 1. The van der Waals surface area contributed by atoms with Crippen molar-refractivity contribution in [3.63, 3.8) is 0 Å². The smallest absolute Gasteiger partial charge is 0.284 e. The van der Waals surface area contributed by atoms with Crippen LogP contribution in [-0.4, -0.2) is 15.5 Å². The molecule has 0 radical (unpaired) electrons. The third-order valence-electron chi connectivity index (χ3n) is 6.95. The van der Waals surface area contributed by atoms with E-state index in [1.54, 1.807) is 48.5 Å². The summed E-state index contributed by atoms with van der Waals surface area (Å²) in [6, 6.07) is 31.3. The van der Waals surface area contributed by atoms with Crippen LogP contribution >= 0.6 is 18.9 Å². The molecule has 8 heteroatoms. The molecule has 39 heavy (non-hydrogen) atoms. The molecule has 0 spiro atoms. The van der Waals surface area contributed by atoms with E-state index in [2.05, 4.69) is 35.0 Å². The maximum atomic E-state index is 13.9. The number of likely N-dealkylation sites (N-methyl/N-ethyl adjacent to an activating group) is 1. The monoisotopic (exact) mass is 576 g/mol. The minimum atomic E-state index is -4.12. The molecule has 200 valence electrons. The highest BCUT2D eigenvalue weighted by Crippen LogP contribution is 2.58. The summed E-state index contributed by atoms with van der Waals surface area (Å²) in [5.74, 6) is 2.38. The summed E-state index contributed by atoms with van der Waals surface area (Å²) in [4.78, 5) is 2.21. The molecule has 0 saturated heterocycles. The van der Waals surface area contributed by atoms with Crippen LogP contribution in [-0.2, 0) is 15.4 Å². The number of benzene rings is 4. The number of allylic oxidation sites excluding steroid dienone is 1. The molecule has 1 atom stereocenters. The van der Waals surface area contributed by atoms with Crippen molar-refractivity contribution in [3.8, 4) is 5.75 Å². The Hall–Kier alpha value is -3.31. The number of hydrogen-bond donors (Lipinski definition) is 0. The van der Waals surface area contributed by atoms with Crippen molar-refractivity contribution in [1.29, 1.82) is 0 Å². The quantitative estimate of drug-likeness (QED) is 0.217. The van der Waals surface area contributed by atoms with Gasteiger partial charge in [0, 0.05) is 40.0 Å². The zero-order chi connectivity index (χ0) is 27.8. The fourth-order valence-electron chi connectivity index (χ4n) is 4.88. The Morgan fingerprint density at radius 2 is 1.56 bits per heavy atom. The van der Waals surface area contributed by atoms with Gasteiger partial charge in [0.25, 0.3) is 10.0 Å². The number of rotatable bonds is 6. The molecule has 4 aromatic carbocycles. The zero-order valence-electron chi connectivity index (χ0n) is 22.2. The van der Waals surface area contributed by atoms with E-state index in [4.69, 9.17) is 16.1 Å². The van der Waals surface area contributed by atoms with E-state index in [0.717, 1.165) is 22.5 Å². The summed E-state index contributed by atoms with van der Waals surface area (Å²) in [6.45, 7) is 6.18. The summed E-state index contributed by atoms with van der Waals surface area (Å²) in [5, 5.41) is 1.16. The van der Waals surface area contributed by atoms with Crippen LogP contribution in [0.5, 0.6) is 5.75 Å². The Bertz CT molecular complexity index is 1720. The summed E-state index contributed by atoms with van der Waals surface area (Å²) in [5.41, 5.74) is 3.65. The van der Waals surface area contributed by atoms with Gasteiger partial charge in [0.1, 0.15) is 5.75 Å². The number of sulfonamides is 1. The van der Waals surface area contributed by atoms with Crippen molar-refractivity contribution in [2.45, 2.75) is 31.1 Å². The Labute approximate surface area is 235 Å². The van der Waals surface area contributed by atoms with Crippen molar-refractivity contribution < 1.29 is 12.9 Å². The maximum Gasteiger partial charge on any atom is 0.284 e. The summed E-state index contributed by atoms with van der Waals surface area (Å²) in [7, 11) is -5.54. The highest BCUT2D eigenvalue weighted by atomic mass is 35.5. The molecule has 5 nitrogen and oxygen atoms in total. The van der Waals surface area contributed by atoms with Gasteiger partial charge in [-0.2, -0.15) is 8.42 Å². The minimum absolute atomic E-state index is 0.115. The van der Waals surface area contributed by atoms with E-state index < -0.39 is 22.7 Å². The first-order chi connectivity index (χ1) is 18.5. The van der Waals surface area contributed by atoms with E-state index in [1.807, 2.05) is 62.3 Å². The lowest BCUT2D eigenvalue weighted by Gasteiger charge is -2.29. The van der Waals surface area contributed by atoms with Gasteiger partial charge in [-0.05, 0) is 61.0 Å². The molecule has 0 N–H and O–H groups in total. The highest BCUT2D eigenvalue weighted by molar-refractivity contribution is 7.95. The Morgan fingerprint density at radius 3 is 2.23 bits per heavy atom. The van der Waals surface area contributed by atoms with Gasteiger partial charge in [-0.15, -0.1) is 4.15 Å². The van der Waals surface area contributed by atoms with E-state index >= 15 is 0 Å². The van der Waals surface area contributed by atoms with Gasteiger partial charge < -0.3 is 9.42 Å². The second-order valence-corrected chi connectivity index (χ2v) is 14.8. The first-order valence-corrected chi connectivity index (χ1v) is 16.1. The van der Waals surface area contributed by atoms with Crippen molar-refractivity contribution in [3.05, 3.63) is 131 Å². The van der Waals surface area contributed by atoms with Gasteiger partial charge in [0.2, 0.25) is 7.28 Å². The van der Waals surface area contributed by atoms with Crippen LogP contribution in [0.25, 0.3) is 0 Å². The van der Waals surface area contributed by atoms with Crippen LogP contribution in [0.1, 0.15) is 25.0 Å². The Balaban J connectivity index is 1.84. The van der Waals surface area contributed by atoms with Crippen LogP contribution in [0, 0.1) is 6.92 Å². The molecule has 1 heterocycles. The normalized spacial score (nSPS) is 16.9. The first-order valence-electron chi connectivity index (χ1n) is 12.5. The number of halogens is 1. The van der Waals surface area contributed by atoms with Gasteiger partial charge in [-0.25, -0.2) is 0 Å². The molecular formula is C31H30ClN2O3PS. The van der Waals surface area contributed by atoms with Gasteiger partial charge in [0.15, 0.2) is 0 Å². The number of para-hydroxylation sites is 1. The minimum Gasteiger partial charge on any atom is -0.451 e. The van der Waals surface area contributed by atoms with E-state index in [9.17, 15) is 8.42 Å². The third kappa shape index (κ3) is 5.29. The number of aryl methyl sites for hydroxylation is 1. The maximum absolute atomic E-state index is 13.9. The SMILES string of the molecule is Cc1ccc(S(=O)(=O)N=[P@@](/C=C2\N(C)c3ccccc3C2(C)C)(Oc2cccc(Cl)c2)c2ccccc2)cc1. The van der Waals surface area contributed by atoms with E-state index in [1.165, 1.54) is 0 Å². The molecule has 0 fully saturated rings. The zero-order valence-corrected chi connectivity index (χ0v) is 24.7. The predicted octanol–water partition coefficient (Wildman–Crippen LogP) is 8.13. The molecule has 1 aliphatic heterocycles. The standard InChI is InChI=1S/C31H30ClN2O3PS/c1-23-17-19-27(20-18-23)39(35,36)33-38(26-13-6-5-7-14-26,37-25-12-10-11-24(32)21-25)22-30-31(2,3)28-15-8-9-16-29(28)34(30)4/h5-22H,1-4H3/b30-22-/t38-/m0/s1. The molecule has 0 aliphatic carbocycles. The van der Waals surface area contributed by atoms with Gasteiger partial charge >= 0.3 is 0 Å². The Morgan fingerprint density at radius 1 is 0.897 bits per heavy atom. The van der Waals surface area contributed by atoms with Crippen LogP contribution in [0.2, 0.25) is 5.02 Å². The average Bonchev–Trinajstić information content (AvgIpc) is 3.10. The summed E-state index contributed by atoms with van der Waals surface area (Å²) < 4.78 is 39.3. The second-order valence-electron chi connectivity index (χ2n) is 10.1. The van der Waals surface area contributed by atoms with Crippen LogP contribution in [0.3, 0.4) is 0 Å². The topological polar surface area (TPSA) is 59.0 Å². The van der Waals surface area contributed by atoms with Crippen molar-refractivity contribution in [2.24, 2.45) is 4.15 Å². The number of fused-ring (bicyclic) bond motifs is 1. The van der Waals surface area contributed by atoms with Crippen LogP contribution in [0.15, 0.2) is 124 Å². The van der Waals surface area contributed by atoms with Crippen molar-refractivity contribution >= 4 is 39.9 Å². The van der Waals surface area contributed by atoms with Gasteiger partial charge in [0.05, 0.1) is 4.90 Å². The largest absolute Gasteiger partial charge is 0.451 e. The fourth-order valence-corrected chi connectivity index (χ4v) is 10.1. The average molecular weight is 577 g/mol. The Kier molecular flexibility index (Phi) is 7.23. The first kappa shape index (κ1) is 27.3. The van der Waals surface area contributed by atoms with Crippen LogP contribution < -0.4 is 14.7 Å². The third-order valence-corrected chi connectivity index (χ3v) is 12.0. The molecule has 0 bridgehead atoms. The molecule has 0 unspecified atom stereocenters. The molecular weight excluding hydrogens is 547 g/mol. The van der Waals surface area contributed by atoms with E-state index in [0.29, 0.717) is 16.1 Å². The van der Waals surface area contributed by atoms with Crippen LogP contribution in [0.4, 0.5) is 5.69 Å². The number of nitrogens with zero attached hydrogens (tertiary/aromatic N) is 2. The molecule has 5 rings (SSSR count). The van der Waals surface area contributed by atoms with Crippen molar-refractivity contribution in [2.75, 3.05) is 11.9 Å². The lowest BCUT2D eigenvalue weighted by atomic mass is 9.84. The predicted molar refractivity (Wildman–Crippen MR) is 162 cm³/mol. The fraction of sp³-hybridized carbons (Fsp3) is 0.161. The second kappa shape index (κ2) is 10.3. The van der Waals surface area contributed by atoms with Crippen molar-refractivity contribution in [1.82, 2.24) is 0 Å². The summed E-state index contributed by atoms with van der Waals surface area (Å²) in [6.07, 6.45) is 0. The molecule has 0 saturated carbocycles. The lowest BCUT2D eigenvalue weighted by molar-refractivity contribution is 0.593. The lowest BCUT2D eigenvalue weighted by Crippen LogP contribution is -2.24. The molecule has 0 aromatic heterocycles. The van der Waals surface area contributed by atoms with Gasteiger partial charge in [-0.3, -0.25) is 0 Å². The summed E-state index contributed by atoms with van der Waals surface area (Å²) >= 11 is 6.32. The van der Waals surface area contributed by atoms with Gasteiger partial charge in [-0.1, -0.05) is 85.6 Å². The molecule has 1 aliphatic rings. The van der Waals surface area contributed by atoms with E-state index in [-0.39, 0.29) is 4.90 Å². The number of hydrogen-bond acceptors (Lipinski definition) is 4. The molecule has 0 amide bonds. The highest BCUT2D eigenvalue weighted by Gasteiger charge is 2.41.